The number of piperidine rings is 1. The predicted octanol–water partition coefficient (Wildman–Crippen LogP) is 2.21. The van der Waals surface area contributed by atoms with Gasteiger partial charge in [0.15, 0.2) is 0 Å². The van der Waals surface area contributed by atoms with Crippen molar-refractivity contribution in [3.8, 4) is 0 Å². The number of aliphatic hydroxyl groups is 1. The summed E-state index contributed by atoms with van der Waals surface area (Å²) in [6, 6.07) is 4.15. The molecule has 1 aliphatic rings. The van der Waals surface area contributed by atoms with Gasteiger partial charge < -0.3 is 10.0 Å². The van der Waals surface area contributed by atoms with Crippen LogP contribution in [0.25, 0.3) is 0 Å². The molecule has 1 aliphatic heterocycles. The Morgan fingerprint density at radius 1 is 1.50 bits per heavy atom. The van der Waals surface area contributed by atoms with E-state index in [-0.39, 0.29) is 12.5 Å². The van der Waals surface area contributed by atoms with E-state index >= 15 is 0 Å². The van der Waals surface area contributed by atoms with Gasteiger partial charge in [0.2, 0.25) is 5.91 Å². The van der Waals surface area contributed by atoms with Crippen LogP contribution in [0.3, 0.4) is 0 Å². The Morgan fingerprint density at radius 2 is 2.28 bits per heavy atom. The fourth-order valence-corrected chi connectivity index (χ4v) is 3.86. The van der Waals surface area contributed by atoms with Crippen molar-refractivity contribution in [2.24, 2.45) is 5.92 Å². The molecule has 0 aromatic carbocycles. The second kappa shape index (κ2) is 7.16. The first-order valence-corrected chi connectivity index (χ1v) is 8.32. The van der Waals surface area contributed by atoms with E-state index in [1.165, 1.54) is 4.88 Å². The normalized spacial score (nSPS) is 17.1. The van der Waals surface area contributed by atoms with E-state index in [4.69, 9.17) is 5.11 Å². The fraction of sp³-hybridized carbons (Fsp3) is 0.615. The van der Waals surface area contributed by atoms with Gasteiger partial charge >= 0.3 is 0 Å². The quantitative estimate of drug-likeness (QED) is 0.902. The molecule has 0 bridgehead atoms. The first-order chi connectivity index (χ1) is 8.79. The van der Waals surface area contributed by atoms with Crippen LogP contribution in [0.15, 0.2) is 17.5 Å². The third-order valence-electron chi connectivity index (χ3n) is 3.28. The van der Waals surface area contributed by atoms with Crippen molar-refractivity contribution in [1.82, 2.24) is 4.90 Å². The van der Waals surface area contributed by atoms with Crippen molar-refractivity contribution in [2.75, 3.05) is 25.4 Å². The monoisotopic (exact) mass is 285 g/mol. The molecule has 0 aliphatic carbocycles. The van der Waals surface area contributed by atoms with Gasteiger partial charge in [-0.2, -0.15) is 0 Å². The molecule has 0 unspecified atom stereocenters. The number of carbonyl (C=O) groups excluding carboxylic acids is 1. The summed E-state index contributed by atoms with van der Waals surface area (Å²) in [5, 5.41) is 11.1. The number of hydrogen-bond donors (Lipinski definition) is 1. The van der Waals surface area contributed by atoms with E-state index < -0.39 is 0 Å². The predicted molar refractivity (Wildman–Crippen MR) is 76.9 cm³/mol. The zero-order chi connectivity index (χ0) is 12.8. The highest BCUT2D eigenvalue weighted by atomic mass is 32.2. The van der Waals surface area contributed by atoms with E-state index in [2.05, 4.69) is 11.4 Å². The molecular formula is C13H19NO2S2. The number of nitrogens with zero attached hydrogens (tertiary/aromatic N) is 1. The van der Waals surface area contributed by atoms with Crippen molar-refractivity contribution in [3.63, 3.8) is 0 Å². The van der Waals surface area contributed by atoms with Crippen LogP contribution in [0.4, 0.5) is 0 Å². The number of thiophene rings is 1. The second-order valence-electron chi connectivity index (χ2n) is 4.58. The molecule has 5 heteroatoms. The van der Waals surface area contributed by atoms with Crippen LogP contribution >= 0.6 is 23.1 Å². The molecule has 0 spiro atoms. The molecule has 1 amide bonds. The van der Waals surface area contributed by atoms with Crippen LogP contribution in [-0.4, -0.2) is 41.4 Å². The molecule has 1 aromatic rings. The topological polar surface area (TPSA) is 40.5 Å². The van der Waals surface area contributed by atoms with Gasteiger partial charge in [-0.25, -0.2) is 0 Å². The van der Waals surface area contributed by atoms with Crippen LogP contribution in [0, 0.1) is 5.92 Å². The molecule has 0 atom stereocenters. The molecule has 1 aromatic heterocycles. The average Bonchev–Trinajstić information content (AvgIpc) is 2.92. The molecule has 0 saturated carbocycles. The van der Waals surface area contributed by atoms with Crippen molar-refractivity contribution < 1.29 is 9.90 Å². The Hall–Kier alpha value is -0.520. The zero-order valence-electron chi connectivity index (χ0n) is 10.4. The van der Waals surface area contributed by atoms with Gasteiger partial charge in [-0.1, -0.05) is 6.07 Å². The molecule has 2 heterocycles. The number of amides is 1. The van der Waals surface area contributed by atoms with Crippen LogP contribution in [-0.2, 0) is 10.5 Å². The molecule has 1 N–H and O–H groups in total. The van der Waals surface area contributed by atoms with E-state index in [0.29, 0.717) is 11.7 Å². The molecular weight excluding hydrogens is 266 g/mol. The largest absolute Gasteiger partial charge is 0.396 e. The smallest absolute Gasteiger partial charge is 0.232 e. The molecule has 100 valence electrons. The minimum Gasteiger partial charge on any atom is -0.396 e. The van der Waals surface area contributed by atoms with Gasteiger partial charge in [-0.15, -0.1) is 23.1 Å². The van der Waals surface area contributed by atoms with Gasteiger partial charge in [0.05, 0.1) is 5.75 Å². The minimum absolute atomic E-state index is 0.243. The summed E-state index contributed by atoms with van der Waals surface area (Å²) in [6.07, 6.45) is 1.88. The number of aliphatic hydroxyl groups excluding tert-OH is 1. The lowest BCUT2D eigenvalue weighted by molar-refractivity contribution is -0.129. The number of likely N-dealkylation sites (tertiary alicyclic amines) is 1. The first-order valence-electron chi connectivity index (χ1n) is 6.28. The molecule has 18 heavy (non-hydrogen) atoms. The minimum atomic E-state index is 0.243. The lowest BCUT2D eigenvalue weighted by Crippen LogP contribution is -2.40. The lowest BCUT2D eigenvalue weighted by Gasteiger charge is -2.31. The van der Waals surface area contributed by atoms with E-state index in [1.807, 2.05) is 11.0 Å². The SMILES string of the molecule is O=C(CSCc1cccs1)N1CCC(CO)CC1. The summed E-state index contributed by atoms with van der Waals surface area (Å²) < 4.78 is 0. The summed E-state index contributed by atoms with van der Waals surface area (Å²) in [5.41, 5.74) is 0. The van der Waals surface area contributed by atoms with E-state index in [0.717, 1.165) is 31.7 Å². The number of rotatable bonds is 5. The molecule has 1 saturated heterocycles. The fourth-order valence-electron chi connectivity index (χ4n) is 2.09. The van der Waals surface area contributed by atoms with Gasteiger partial charge in [0, 0.05) is 30.3 Å². The standard InChI is InChI=1S/C13H19NO2S2/c15-8-11-3-5-14(6-4-11)13(16)10-17-9-12-2-1-7-18-12/h1-2,7,11,15H,3-6,8-10H2. The van der Waals surface area contributed by atoms with Gasteiger partial charge in [-0.05, 0) is 30.2 Å². The zero-order valence-corrected chi connectivity index (χ0v) is 12.0. The molecule has 1 fully saturated rings. The number of carbonyl (C=O) groups is 1. The molecule has 2 rings (SSSR count). The van der Waals surface area contributed by atoms with Crippen molar-refractivity contribution in [2.45, 2.75) is 18.6 Å². The Bertz CT molecular complexity index is 359. The second-order valence-corrected chi connectivity index (χ2v) is 6.60. The Labute approximate surface area is 116 Å². The highest BCUT2D eigenvalue weighted by molar-refractivity contribution is 7.99. The summed E-state index contributed by atoms with van der Waals surface area (Å²) in [5.74, 6) is 2.14. The highest BCUT2D eigenvalue weighted by Crippen LogP contribution is 2.20. The third kappa shape index (κ3) is 4.00. The van der Waals surface area contributed by atoms with Gasteiger partial charge in [-0.3, -0.25) is 4.79 Å². The molecule has 3 nitrogen and oxygen atoms in total. The summed E-state index contributed by atoms with van der Waals surface area (Å²) in [7, 11) is 0. The lowest BCUT2D eigenvalue weighted by atomic mass is 9.98. The first kappa shape index (κ1) is 13.9. The van der Waals surface area contributed by atoms with Crippen LogP contribution in [0.1, 0.15) is 17.7 Å². The third-order valence-corrected chi connectivity index (χ3v) is 5.30. The Balaban J connectivity index is 1.66. The maximum atomic E-state index is 12.0. The Morgan fingerprint density at radius 3 is 2.89 bits per heavy atom. The summed E-state index contributed by atoms with van der Waals surface area (Å²) in [4.78, 5) is 15.2. The Kier molecular flexibility index (Phi) is 5.53. The van der Waals surface area contributed by atoms with Crippen LogP contribution in [0.2, 0.25) is 0 Å². The average molecular weight is 285 g/mol. The summed E-state index contributed by atoms with van der Waals surface area (Å²) in [6.45, 7) is 1.88. The van der Waals surface area contributed by atoms with Crippen molar-refractivity contribution >= 4 is 29.0 Å². The number of hydrogen-bond acceptors (Lipinski definition) is 4. The molecule has 0 radical (unpaired) electrons. The van der Waals surface area contributed by atoms with Gasteiger partial charge in [0.1, 0.15) is 0 Å². The van der Waals surface area contributed by atoms with E-state index in [1.54, 1.807) is 23.1 Å². The maximum absolute atomic E-state index is 12.0. The van der Waals surface area contributed by atoms with E-state index in [9.17, 15) is 4.79 Å². The van der Waals surface area contributed by atoms with Crippen LogP contribution < -0.4 is 0 Å². The van der Waals surface area contributed by atoms with Crippen molar-refractivity contribution in [3.05, 3.63) is 22.4 Å². The van der Waals surface area contributed by atoms with Crippen LogP contribution in [0.5, 0.6) is 0 Å². The number of thioether (sulfide) groups is 1. The maximum Gasteiger partial charge on any atom is 0.232 e. The van der Waals surface area contributed by atoms with Gasteiger partial charge in [0.25, 0.3) is 0 Å². The summed E-state index contributed by atoms with van der Waals surface area (Å²) >= 11 is 3.43. The highest BCUT2D eigenvalue weighted by Gasteiger charge is 2.21. The van der Waals surface area contributed by atoms with Crippen molar-refractivity contribution in [1.29, 1.82) is 0 Å².